The van der Waals surface area contributed by atoms with Gasteiger partial charge in [0.2, 0.25) is 5.91 Å². The third-order valence-electron chi connectivity index (χ3n) is 5.93. The summed E-state index contributed by atoms with van der Waals surface area (Å²) in [5.74, 6) is 0.970. The molecule has 8 nitrogen and oxygen atoms in total. The number of carbonyl (C=O) groups is 1. The molecule has 0 aliphatic carbocycles. The van der Waals surface area contributed by atoms with E-state index < -0.39 is 6.04 Å². The van der Waals surface area contributed by atoms with Crippen molar-refractivity contribution in [3.8, 4) is 11.5 Å². The molecule has 4 rings (SSSR count). The number of benzene rings is 2. The Bertz CT molecular complexity index is 1240. The summed E-state index contributed by atoms with van der Waals surface area (Å²) in [6.45, 7) is 2.33. The number of aliphatic hydroxyl groups is 1. The van der Waals surface area contributed by atoms with Gasteiger partial charge in [-0.2, -0.15) is 0 Å². The molecule has 1 aromatic heterocycles. The van der Waals surface area contributed by atoms with Gasteiger partial charge in [-0.25, -0.2) is 4.98 Å². The van der Waals surface area contributed by atoms with Crippen molar-refractivity contribution >= 4 is 34.3 Å². The topological polar surface area (TPSA) is 93.9 Å². The normalized spacial score (nSPS) is 13.8. The van der Waals surface area contributed by atoms with Crippen molar-refractivity contribution in [1.29, 1.82) is 0 Å². The van der Waals surface area contributed by atoms with Crippen LogP contribution in [0.3, 0.4) is 0 Å². The summed E-state index contributed by atoms with van der Waals surface area (Å²) in [6, 6.07) is 10.7. The maximum absolute atomic E-state index is 13.4. The van der Waals surface area contributed by atoms with Crippen LogP contribution >= 0.6 is 11.8 Å². The van der Waals surface area contributed by atoms with Gasteiger partial charge in [-0.05, 0) is 30.5 Å². The Hall–Kier alpha value is -3.04. The highest BCUT2D eigenvalue weighted by molar-refractivity contribution is 7.99. The summed E-state index contributed by atoms with van der Waals surface area (Å²) < 4.78 is 12.2. The Morgan fingerprint density at radius 3 is 2.64 bits per heavy atom. The van der Waals surface area contributed by atoms with Gasteiger partial charge in [0.25, 0.3) is 5.56 Å². The number of nitrogens with zero attached hydrogens (tertiary/aromatic N) is 3. The Labute approximate surface area is 196 Å². The van der Waals surface area contributed by atoms with E-state index in [2.05, 4.69) is 4.98 Å². The number of amides is 1. The van der Waals surface area contributed by atoms with Crippen LogP contribution in [-0.4, -0.2) is 53.7 Å². The number of aliphatic hydroxyl groups excluding tert-OH is 1. The van der Waals surface area contributed by atoms with Crippen LogP contribution in [0.5, 0.6) is 11.5 Å². The van der Waals surface area contributed by atoms with Gasteiger partial charge in [0.1, 0.15) is 0 Å². The summed E-state index contributed by atoms with van der Waals surface area (Å²) in [5.41, 5.74) is 2.25. The van der Waals surface area contributed by atoms with Crippen LogP contribution in [0.25, 0.3) is 10.9 Å². The molecule has 0 saturated heterocycles. The minimum absolute atomic E-state index is 0.0461. The standard InChI is InChI=1S/C24H27N3O5S/c1-4-16(13-28)27-23(30)17-11-20(31-2)21(32-3)12-18(17)25-24(27)33-14-22(29)26-10-9-15-7-5-6-8-19(15)26/h5-8,11-12,16,28H,4,9-10,13-14H2,1-3H3/t16-/m1/s1. The van der Waals surface area contributed by atoms with Crippen LogP contribution in [0, 0.1) is 0 Å². The van der Waals surface area contributed by atoms with Gasteiger partial charge in [0.05, 0.1) is 43.5 Å². The van der Waals surface area contributed by atoms with Crippen LogP contribution < -0.4 is 19.9 Å². The number of anilines is 1. The maximum atomic E-state index is 13.4. The fraction of sp³-hybridized carbons (Fsp3) is 0.375. The number of rotatable bonds is 8. The van der Waals surface area contributed by atoms with Crippen molar-refractivity contribution in [1.82, 2.24) is 9.55 Å². The van der Waals surface area contributed by atoms with Gasteiger partial charge in [0.15, 0.2) is 16.7 Å². The number of carbonyl (C=O) groups excluding carboxylic acids is 1. The van der Waals surface area contributed by atoms with E-state index in [1.807, 2.05) is 31.2 Å². The summed E-state index contributed by atoms with van der Waals surface area (Å²) in [4.78, 5) is 33.0. The first-order valence-corrected chi connectivity index (χ1v) is 11.8. The number of aromatic nitrogens is 2. The summed E-state index contributed by atoms with van der Waals surface area (Å²) in [7, 11) is 3.02. The van der Waals surface area contributed by atoms with Gasteiger partial charge in [0, 0.05) is 18.3 Å². The second-order valence-corrected chi connectivity index (χ2v) is 8.69. The van der Waals surface area contributed by atoms with Crippen LogP contribution in [0.15, 0.2) is 46.3 Å². The average Bonchev–Trinajstić information content (AvgIpc) is 3.28. The summed E-state index contributed by atoms with van der Waals surface area (Å²) in [5, 5.41) is 10.7. The Morgan fingerprint density at radius 1 is 1.21 bits per heavy atom. The quantitative estimate of drug-likeness (QED) is 0.400. The smallest absolute Gasteiger partial charge is 0.262 e. The van der Waals surface area contributed by atoms with E-state index in [0.29, 0.717) is 40.5 Å². The number of ether oxygens (including phenoxy) is 2. The van der Waals surface area contributed by atoms with Crippen LogP contribution in [0.1, 0.15) is 24.9 Å². The van der Waals surface area contributed by atoms with Gasteiger partial charge in [-0.1, -0.05) is 36.9 Å². The van der Waals surface area contributed by atoms with E-state index in [1.165, 1.54) is 30.5 Å². The monoisotopic (exact) mass is 469 g/mol. The highest BCUT2D eigenvalue weighted by Gasteiger charge is 2.26. The first-order valence-electron chi connectivity index (χ1n) is 10.8. The Kier molecular flexibility index (Phi) is 6.90. The van der Waals surface area contributed by atoms with E-state index in [0.717, 1.165) is 17.7 Å². The molecule has 9 heteroatoms. The number of hydrogen-bond donors (Lipinski definition) is 1. The number of methoxy groups -OCH3 is 2. The molecular formula is C24H27N3O5S. The molecule has 3 aromatic rings. The van der Waals surface area contributed by atoms with E-state index >= 15 is 0 Å². The first-order chi connectivity index (χ1) is 16.0. The van der Waals surface area contributed by atoms with Crippen molar-refractivity contribution in [3.63, 3.8) is 0 Å². The molecule has 0 spiro atoms. The second-order valence-electron chi connectivity index (χ2n) is 7.75. The van der Waals surface area contributed by atoms with Crippen molar-refractivity contribution in [2.45, 2.75) is 31.0 Å². The molecule has 33 heavy (non-hydrogen) atoms. The Morgan fingerprint density at radius 2 is 1.94 bits per heavy atom. The highest BCUT2D eigenvalue weighted by Crippen LogP contribution is 2.33. The van der Waals surface area contributed by atoms with Crippen molar-refractivity contribution in [2.24, 2.45) is 0 Å². The van der Waals surface area contributed by atoms with Gasteiger partial charge >= 0.3 is 0 Å². The predicted octanol–water partition coefficient (Wildman–Crippen LogP) is 3.04. The second kappa shape index (κ2) is 9.84. The number of hydrogen-bond acceptors (Lipinski definition) is 7. The number of fused-ring (bicyclic) bond motifs is 2. The summed E-state index contributed by atoms with van der Waals surface area (Å²) in [6.07, 6.45) is 1.37. The van der Waals surface area contributed by atoms with Crippen LogP contribution in [-0.2, 0) is 11.2 Å². The lowest BCUT2D eigenvalue weighted by molar-refractivity contribution is -0.116. The lowest BCUT2D eigenvalue weighted by Crippen LogP contribution is -2.32. The largest absolute Gasteiger partial charge is 0.493 e. The highest BCUT2D eigenvalue weighted by atomic mass is 32.2. The van der Waals surface area contributed by atoms with E-state index in [-0.39, 0.29) is 23.8 Å². The van der Waals surface area contributed by atoms with Crippen molar-refractivity contribution in [3.05, 3.63) is 52.3 Å². The average molecular weight is 470 g/mol. The molecule has 0 saturated carbocycles. The third-order valence-corrected chi connectivity index (χ3v) is 6.87. The van der Waals surface area contributed by atoms with Gasteiger partial charge < -0.3 is 19.5 Å². The van der Waals surface area contributed by atoms with E-state index in [9.17, 15) is 14.7 Å². The third kappa shape index (κ3) is 4.30. The first kappa shape index (κ1) is 23.1. The molecule has 1 N–H and O–H groups in total. The molecule has 0 radical (unpaired) electrons. The molecule has 0 fully saturated rings. The Balaban J connectivity index is 1.71. The molecule has 0 unspecified atom stereocenters. The van der Waals surface area contributed by atoms with Gasteiger partial charge in [-0.3, -0.25) is 14.2 Å². The lowest BCUT2D eigenvalue weighted by Gasteiger charge is -2.21. The van der Waals surface area contributed by atoms with Crippen molar-refractivity contribution in [2.75, 3.05) is 38.0 Å². The molecular weight excluding hydrogens is 442 g/mol. The number of thioether (sulfide) groups is 1. The van der Waals surface area contributed by atoms with Crippen LogP contribution in [0.4, 0.5) is 5.69 Å². The minimum Gasteiger partial charge on any atom is -0.493 e. The zero-order valence-electron chi connectivity index (χ0n) is 18.9. The molecule has 1 aliphatic rings. The molecule has 1 amide bonds. The van der Waals surface area contributed by atoms with Crippen LogP contribution in [0.2, 0.25) is 0 Å². The zero-order chi connectivity index (χ0) is 23.5. The molecule has 1 atom stereocenters. The predicted molar refractivity (Wildman–Crippen MR) is 129 cm³/mol. The van der Waals surface area contributed by atoms with E-state index in [4.69, 9.17) is 9.47 Å². The molecule has 2 aromatic carbocycles. The maximum Gasteiger partial charge on any atom is 0.262 e. The molecule has 2 heterocycles. The SMILES string of the molecule is CC[C@H](CO)n1c(SCC(=O)N2CCc3ccccc32)nc2cc(OC)c(OC)cc2c1=O. The minimum atomic E-state index is -0.451. The zero-order valence-corrected chi connectivity index (χ0v) is 19.7. The molecule has 0 bridgehead atoms. The summed E-state index contributed by atoms with van der Waals surface area (Å²) >= 11 is 1.21. The number of para-hydroxylation sites is 1. The fourth-order valence-corrected chi connectivity index (χ4v) is 5.07. The van der Waals surface area contributed by atoms with Gasteiger partial charge in [-0.15, -0.1) is 0 Å². The van der Waals surface area contributed by atoms with Crippen molar-refractivity contribution < 1.29 is 19.4 Å². The molecule has 1 aliphatic heterocycles. The van der Waals surface area contributed by atoms with E-state index in [1.54, 1.807) is 17.0 Å². The fourth-order valence-electron chi connectivity index (χ4n) is 4.12. The molecule has 174 valence electrons. The lowest BCUT2D eigenvalue weighted by atomic mass is 10.2.